The lowest BCUT2D eigenvalue weighted by Crippen LogP contribution is -2.08. The molecule has 0 saturated carbocycles. The third-order valence-corrected chi connectivity index (χ3v) is 7.39. The second-order valence-electron chi connectivity index (χ2n) is 6.34. The minimum absolute atomic E-state index is 0.0695. The number of rotatable bonds is 3. The van der Waals surface area contributed by atoms with E-state index >= 15 is 0 Å². The maximum Gasteiger partial charge on any atom is 0.297 e. The molecule has 0 fully saturated rings. The molecule has 0 radical (unpaired) electrons. The van der Waals surface area contributed by atoms with E-state index in [-0.39, 0.29) is 26.9 Å². The lowest BCUT2D eigenvalue weighted by molar-refractivity contribution is 0.481. The largest absolute Gasteiger partial charge is 0.398 e. The van der Waals surface area contributed by atoms with Gasteiger partial charge in [-0.15, -0.1) is 0 Å². The molecular formula is C16H11NO9S3. The van der Waals surface area contributed by atoms with Gasteiger partial charge in [0, 0.05) is 21.5 Å². The van der Waals surface area contributed by atoms with Crippen LogP contribution in [-0.2, 0) is 30.4 Å². The van der Waals surface area contributed by atoms with Crippen LogP contribution in [0, 0.1) is 0 Å². The standard InChI is InChI=1S/C16H11NO9S3/c17-11-5-9-13(28(21,22)23)6-10-12(27(18,19)20)4-2-7-1-3-8(15(9)14(7)10)16(11)29(24,25)26/h1-6H,17H2,(H,18,19,20)(H,21,22,23)(H,24,25,26). The van der Waals surface area contributed by atoms with Crippen LogP contribution in [0.4, 0.5) is 5.69 Å². The van der Waals surface area contributed by atoms with Gasteiger partial charge in [-0.1, -0.05) is 18.2 Å². The van der Waals surface area contributed by atoms with Gasteiger partial charge in [-0.3, -0.25) is 13.7 Å². The summed E-state index contributed by atoms with van der Waals surface area (Å²) in [6.07, 6.45) is 0. The zero-order valence-corrected chi connectivity index (χ0v) is 16.5. The topological polar surface area (TPSA) is 189 Å². The molecule has 0 aliphatic carbocycles. The summed E-state index contributed by atoms with van der Waals surface area (Å²) in [4.78, 5) is -2.08. The summed E-state index contributed by atoms with van der Waals surface area (Å²) in [6, 6.07) is 6.87. The molecule has 29 heavy (non-hydrogen) atoms. The number of hydrogen-bond donors (Lipinski definition) is 4. The first kappa shape index (κ1) is 19.8. The van der Waals surface area contributed by atoms with Crippen molar-refractivity contribution in [2.24, 2.45) is 0 Å². The van der Waals surface area contributed by atoms with Crippen molar-refractivity contribution in [1.29, 1.82) is 0 Å². The third-order valence-electron chi connectivity index (χ3n) is 4.62. The van der Waals surface area contributed by atoms with Crippen molar-refractivity contribution in [2.45, 2.75) is 14.7 Å². The van der Waals surface area contributed by atoms with Gasteiger partial charge in [0.05, 0.1) is 5.69 Å². The van der Waals surface area contributed by atoms with Gasteiger partial charge in [0.1, 0.15) is 14.7 Å². The van der Waals surface area contributed by atoms with Crippen LogP contribution in [0.15, 0.2) is 51.1 Å². The van der Waals surface area contributed by atoms with Gasteiger partial charge in [0.25, 0.3) is 30.4 Å². The van der Waals surface area contributed by atoms with Crippen LogP contribution in [0.25, 0.3) is 32.3 Å². The molecule has 0 saturated heterocycles. The van der Waals surface area contributed by atoms with Crippen LogP contribution in [0.1, 0.15) is 0 Å². The number of benzene rings is 4. The molecule has 0 bridgehead atoms. The lowest BCUT2D eigenvalue weighted by Gasteiger charge is -2.17. The van der Waals surface area contributed by atoms with Crippen LogP contribution in [0.3, 0.4) is 0 Å². The Labute approximate surface area is 164 Å². The SMILES string of the molecule is Nc1cc2c(S(=O)(=O)O)cc3c(S(=O)(=O)O)ccc4ccc(c1S(=O)(=O)O)c2c43. The zero-order valence-electron chi connectivity index (χ0n) is 14.1. The van der Waals surface area contributed by atoms with Crippen molar-refractivity contribution >= 4 is 68.4 Å². The molecule has 0 atom stereocenters. The Morgan fingerprint density at radius 1 is 0.621 bits per heavy atom. The number of anilines is 1. The number of nitrogen functional groups attached to an aromatic ring is 1. The van der Waals surface area contributed by atoms with E-state index in [9.17, 15) is 38.9 Å². The Morgan fingerprint density at radius 3 is 1.72 bits per heavy atom. The molecule has 152 valence electrons. The van der Waals surface area contributed by atoms with E-state index in [4.69, 9.17) is 5.73 Å². The van der Waals surface area contributed by atoms with Crippen molar-refractivity contribution < 1.29 is 38.9 Å². The van der Waals surface area contributed by atoms with E-state index < -0.39 is 50.7 Å². The molecule has 4 aromatic carbocycles. The van der Waals surface area contributed by atoms with E-state index in [0.717, 1.165) is 18.2 Å². The maximum atomic E-state index is 12.0. The highest BCUT2D eigenvalue weighted by Crippen LogP contribution is 2.44. The van der Waals surface area contributed by atoms with Gasteiger partial charge in [-0.2, -0.15) is 25.3 Å². The van der Waals surface area contributed by atoms with Gasteiger partial charge >= 0.3 is 0 Å². The summed E-state index contributed by atoms with van der Waals surface area (Å²) in [5.41, 5.74) is 5.27. The monoisotopic (exact) mass is 457 g/mol. The van der Waals surface area contributed by atoms with Crippen molar-refractivity contribution in [3.8, 4) is 0 Å². The van der Waals surface area contributed by atoms with E-state index in [1.807, 2.05) is 0 Å². The van der Waals surface area contributed by atoms with Crippen LogP contribution < -0.4 is 5.73 Å². The zero-order chi connectivity index (χ0) is 21.5. The molecule has 0 aliphatic rings. The highest BCUT2D eigenvalue weighted by Gasteiger charge is 2.27. The van der Waals surface area contributed by atoms with Crippen molar-refractivity contribution in [3.05, 3.63) is 36.4 Å². The van der Waals surface area contributed by atoms with Gasteiger partial charge in [-0.25, -0.2) is 0 Å². The molecule has 13 heteroatoms. The first-order chi connectivity index (χ1) is 13.2. The molecule has 5 N–H and O–H groups in total. The van der Waals surface area contributed by atoms with Crippen LogP contribution >= 0.6 is 0 Å². The summed E-state index contributed by atoms with van der Waals surface area (Å²) >= 11 is 0. The Hall–Kier alpha value is -2.55. The molecule has 0 heterocycles. The highest BCUT2D eigenvalue weighted by atomic mass is 32.2. The van der Waals surface area contributed by atoms with Gasteiger partial charge in [0.15, 0.2) is 0 Å². The van der Waals surface area contributed by atoms with Crippen LogP contribution in [-0.4, -0.2) is 38.9 Å². The van der Waals surface area contributed by atoms with Crippen LogP contribution in [0.5, 0.6) is 0 Å². The minimum atomic E-state index is -4.92. The number of hydrogen-bond acceptors (Lipinski definition) is 7. The molecule has 0 amide bonds. The molecule has 10 nitrogen and oxygen atoms in total. The minimum Gasteiger partial charge on any atom is -0.398 e. The molecule has 4 aromatic rings. The molecule has 4 rings (SSSR count). The second-order valence-corrected chi connectivity index (χ2v) is 10.5. The summed E-state index contributed by atoms with van der Waals surface area (Å²) in [6.45, 7) is 0. The molecule has 0 aromatic heterocycles. The van der Waals surface area contributed by atoms with Crippen molar-refractivity contribution in [2.75, 3.05) is 5.73 Å². The summed E-state index contributed by atoms with van der Waals surface area (Å²) < 4.78 is 100. The van der Waals surface area contributed by atoms with Gasteiger partial charge in [-0.05, 0) is 29.0 Å². The molecular weight excluding hydrogens is 446 g/mol. The Bertz CT molecular complexity index is 1670. The summed E-state index contributed by atoms with van der Waals surface area (Å²) in [5, 5.41) is -0.208. The molecule has 0 aliphatic heterocycles. The fourth-order valence-corrected chi connectivity index (χ4v) is 5.81. The first-order valence-electron chi connectivity index (χ1n) is 7.67. The normalized spacial score (nSPS) is 13.6. The smallest absolute Gasteiger partial charge is 0.297 e. The second kappa shape index (κ2) is 5.75. The summed E-state index contributed by atoms with van der Waals surface area (Å²) in [7, 11) is -14.6. The van der Waals surface area contributed by atoms with E-state index in [1.165, 1.54) is 18.2 Å². The Balaban J connectivity index is 2.49. The Morgan fingerprint density at radius 2 is 1.17 bits per heavy atom. The predicted molar refractivity (Wildman–Crippen MR) is 104 cm³/mol. The van der Waals surface area contributed by atoms with Gasteiger partial charge < -0.3 is 5.73 Å². The maximum absolute atomic E-state index is 12.0. The lowest BCUT2D eigenvalue weighted by atomic mass is 9.93. The Kier molecular flexibility index (Phi) is 3.91. The van der Waals surface area contributed by atoms with Crippen molar-refractivity contribution in [1.82, 2.24) is 0 Å². The third kappa shape index (κ3) is 2.90. The van der Waals surface area contributed by atoms with Gasteiger partial charge in [0.2, 0.25) is 0 Å². The van der Waals surface area contributed by atoms with E-state index in [1.54, 1.807) is 0 Å². The predicted octanol–water partition coefficient (Wildman–Crippen LogP) is 1.91. The fraction of sp³-hybridized carbons (Fsp3) is 0. The average Bonchev–Trinajstić information content (AvgIpc) is 2.55. The molecule has 0 unspecified atom stereocenters. The fourth-order valence-electron chi connectivity index (χ4n) is 3.62. The highest BCUT2D eigenvalue weighted by molar-refractivity contribution is 7.86. The molecule has 0 spiro atoms. The quantitative estimate of drug-likeness (QED) is 0.201. The van der Waals surface area contributed by atoms with E-state index in [0.29, 0.717) is 5.39 Å². The number of nitrogens with two attached hydrogens (primary N) is 1. The van der Waals surface area contributed by atoms with E-state index in [2.05, 4.69) is 0 Å². The summed E-state index contributed by atoms with van der Waals surface area (Å²) in [5.74, 6) is 0. The first-order valence-corrected chi connectivity index (χ1v) is 12.0. The average molecular weight is 457 g/mol. The van der Waals surface area contributed by atoms with Crippen LogP contribution in [0.2, 0.25) is 0 Å². The van der Waals surface area contributed by atoms with Crippen molar-refractivity contribution in [3.63, 3.8) is 0 Å².